The summed E-state index contributed by atoms with van der Waals surface area (Å²) in [6.07, 6.45) is 0.715. The highest BCUT2D eigenvalue weighted by Gasteiger charge is 2.26. The first-order valence-electron chi connectivity index (χ1n) is 8.68. The molecule has 0 saturated carbocycles. The van der Waals surface area contributed by atoms with Crippen molar-refractivity contribution in [2.24, 2.45) is 0 Å². The van der Waals surface area contributed by atoms with E-state index in [1.807, 2.05) is 32.0 Å². The first-order valence-corrected chi connectivity index (χ1v) is 10.2. The number of aromatic nitrogens is 2. The minimum absolute atomic E-state index is 0.136. The molecule has 0 aliphatic rings. The van der Waals surface area contributed by atoms with E-state index in [0.717, 1.165) is 11.1 Å². The molecule has 0 bridgehead atoms. The van der Waals surface area contributed by atoms with Crippen LogP contribution < -0.4 is 4.72 Å². The van der Waals surface area contributed by atoms with Crippen molar-refractivity contribution in [3.05, 3.63) is 70.8 Å². The summed E-state index contributed by atoms with van der Waals surface area (Å²) in [5.74, 6) is -0.360. The maximum Gasteiger partial charge on any atom is 0.265 e. The number of hydrogen-bond acceptors (Lipinski definition) is 3. The van der Waals surface area contributed by atoms with Crippen molar-refractivity contribution in [2.75, 3.05) is 4.72 Å². The Kier molecular flexibility index (Phi) is 5.06. The smallest absolute Gasteiger partial charge is 0.265 e. The molecule has 142 valence electrons. The van der Waals surface area contributed by atoms with E-state index < -0.39 is 10.0 Å². The number of para-hydroxylation sites is 1. The highest BCUT2D eigenvalue weighted by atomic mass is 32.2. The Hall–Kier alpha value is -2.67. The lowest BCUT2D eigenvalue weighted by molar-refractivity contribution is 0.599. The fourth-order valence-corrected chi connectivity index (χ4v) is 4.77. The summed E-state index contributed by atoms with van der Waals surface area (Å²) in [5, 5.41) is 4.36. The number of aryl methyl sites for hydroxylation is 3. The van der Waals surface area contributed by atoms with E-state index in [1.54, 1.807) is 26.0 Å². The van der Waals surface area contributed by atoms with Gasteiger partial charge in [-0.25, -0.2) is 17.5 Å². The summed E-state index contributed by atoms with van der Waals surface area (Å²) in [6.45, 7) is 7.20. The first kappa shape index (κ1) is 19.1. The van der Waals surface area contributed by atoms with Gasteiger partial charge in [0, 0.05) is 0 Å². The number of rotatable bonds is 5. The van der Waals surface area contributed by atoms with Gasteiger partial charge in [0.05, 0.1) is 22.8 Å². The van der Waals surface area contributed by atoms with Gasteiger partial charge in [-0.1, -0.05) is 25.1 Å². The molecule has 0 amide bonds. The Balaban J connectivity index is 2.07. The fraction of sp³-hybridized carbons (Fsp3) is 0.250. The zero-order chi connectivity index (χ0) is 19.8. The normalized spacial score (nSPS) is 11.6. The van der Waals surface area contributed by atoms with Gasteiger partial charge in [-0.05, 0) is 62.6 Å². The molecule has 0 aliphatic carbocycles. The van der Waals surface area contributed by atoms with Crippen LogP contribution in [0.25, 0.3) is 5.69 Å². The lowest BCUT2D eigenvalue weighted by Crippen LogP contribution is -2.17. The largest absolute Gasteiger partial charge is 0.279 e. The molecule has 0 unspecified atom stereocenters. The third-order valence-corrected chi connectivity index (χ3v) is 6.14. The molecule has 0 radical (unpaired) electrons. The Morgan fingerprint density at radius 3 is 2.37 bits per heavy atom. The second-order valence-electron chi connectivity index (χ2n) is 6.46. The standard InChI is InChI=1S/C20H22FN3O2S/c1-5-16-8-6-7-13(2)19(16)23-27(25,26)20-14(3)22-24(15(20)4)18-11-9-17(21)10-12-18/h6-12,23H,5H2,1-4H3. The van der Waals surface area contributed by atoms with Crippen molar-refractivity contribution in [3.8, 4) is 5.69 Å². The summed E-state index contributed by atoms with van der Waals surface area (Å²) in [5.41, 5.74) is 3.85. The number of hydrogen-bond donors (Lipinski definition) is 1. The van der Waals surface area contributed by atoms with Crippen LogP contribution in [0, 0.1) is 26.6 Å². The van der Waals surface area contributed by atoms with Crippen molar-refractivity contribution in [2.45, 2.75) is 39.0 Å². The molecule has 0 fully saturated rings. The molecular weight excluding hydrogens is 365 g/mol. The number of nitrogens with zero attached hydrogens (tertiary/aromatic N) is 2. The summed E-state index contributed by atoms with van der Waals surface area (Å²) < 4.78 is 43.7. The van der Waals surface area contributed by atoms with Gasteiger partial charge in [0.1, 0.15) is 10.7 Å². The molecule has 3 rings (SSSR count). The summed E-state index contributed by atoms with van der Waals surface area (Å²) in [7, 11) is -3.83. The molecule has 0 saturated heterocycles. The van der Waals surface area contributed by atoms with E-state index in [4.69, 9.17) is 0 Å². The summed E-state index contributed by atoms with van der Waals surface area (Å²) in [6, 6.07) is 11.5. The van der Waals surface area contributed by atoms with Crippen molar-refractivity contribution in [1.29, 1.82) is 0 Å². The third kappa shape index (κ3) is 3.60. The highest BCUT2D eigenvalue weighted by molar-refractivity contribution is 7.92. The SMILES string of the molecule is CCc1cccc(C)c1NS(=O)(=O)c1c(C)nn(-c2ccc(F)cc2)c1C. The van der Waals surface area contributed by atoms with Crippen LogP contribution in [0.2, 0.25) is 0 Å². The van der Waals surface area contributed by atoms with Crippen LogP contribution in [-0.2, 0) is 16.4 Å². The quantitative estimate of drug-likeness (QED) is 0.710. The van der Waals surface area contributed by atoms with Crippen molar-refractivity contribution < 1.29 is 12.8 Å². The molecule has 0 aliphatic heterocycles. The Morgan fingerprint density at radius 1 is 1.07 bits per heavy atom. The van der Waals surface area contributed by atoms with Crippen LogP contribution in [0.4, 0.5) is 10.1 Å². The van der Waals surface area contributed by atoms with Crippen LogP contribution in [0.1, 0.15) is 29.4 Å². The summed E-state index contributed by atoms with van der Waals surface area (Å²) >= 11 is 0. The van der Waals surface area contributed by atoms with Gasteiger partial charge in [-0.2, -0.15) is 5.10 Å². The van der Waals surface area contributed by atoms with Gasteiger partial charge in [-0.3, -0.25) is 4.72 Å². The second-order valence-corrected chi connectivity index (χ2v) is 8.08. The van der Waals surface area contributed by atoms with Crippen molar-refractivity contribution in [3.63, 3.8) is 0 Å². The van der Waals surface area contributed by atoms with Crippen LogP contribution in [0.15, 0.2) is 47.4 Å². The predicted octanol–water partition coefficient (Wildman–Crippen LogP) is 4.30. The number of anilines is 1. The Labute approximate surface area is 158 Å². The molecule has 1 heterocycles. The number of nitrogens with one attached hydrogen (secondary N) is 1. The molecule has 27 heavy (non-hydrogen) atoms. The first-order chi connectivity index (χ1) is 12.7. The molecule has 5 nitrogen and oxygen atoms in total. The highest BCUT2D eigenvalue weighted by Crippen LogP contribution is 2.28. The Morgan fingerprint density at radius 2 is 1.74 bits per heavy atom. The number of benzene rings is 2. The van der Waals surface area contributed by atoms with Gasteiger partial charge in [-0.15, -0.1) is 0 Å². The van der Waals surface area contributed by atoms with Crippen LogP contribution >= 0.6 is 0 Å². The zero-order valence-electron chi connectivity index (χ0n) is 15.7. The molecule has 0 atom stereocenters. The lowest BCUT2D eigenvalue weighted by atomic mass is 10.1. The molecule has 2 aromatic carbocycles. The third-order valence-electron chi connectivity index (χ3n) is 4.54. The molecular formula is C20H22FN3O2S. The molecule has 0 spiro atoms. The van der Waals surface area contributed by atoms with E-state index in [9.17, 15) is 12.8 Å². The van der Waals surface area contributed by atoms with Gasteiger partial charge >= 0.3 is 0 Å². The van der Waals surface area contributed by atoms with E-state index in [-0.39, 0.29) is 10.7 Å². The molecule has 3 aromatic rings. The fourth-order valence-electron chi connectivity index (χ4n) is 3.21. The molecule has 7 heteroatoms. The van der Waals surface area contributed by atoms with Crippen molar-refractivity contribution in [1.82, 2.24) is 9.78 Å². The van der Waals surface area contributed by atoms with Gasteiger partial charge in [0.15, 0.2) is 0 Å². The minimum atomic E-state index is -3.83. The number of sulfonamides is 1. The minimum Gasteiger partial charge on any atom is -0.279 e. The molecule has 1 aromatic heterocycles. The maximum absolute atomic E-state index is 13.2. The van der Waals surface area contributed by atoms with Crippen LogP contribution in [0.3, 0.4) is 0 Å². The van der Waals surface area contributed by atoms with Gasteiger partial charge in [0.2, 0.25) is 0 Å². The topological polar surface area (TPSA) is 64.0 Å². The van der Waals surface area contributed by atoms with E-state index >= 15 is 0 Å². The predicted molar refractivity (Wildman–Crippen MR) is 104 cm³/mol. The summed E-state index contributed by atoms with van der Waals surface area (Å²) in [4.78, 5) is 0.136. The van der Waals surface area contributed by atoms with Crippen molar-refractivity contribution >= 4 is 15.7 Å². The van der Waals surface area contributed by atoms with Gasteiger partial charge in [0.25, 0.3) is 10.0 Å². The van der Waals surface area contributed by atoms with E-state index in [2.05, 4.69) is 9.82 Å². The zero-order valence-corrected chi connectivity index (χ0v) is 16.6. The average Bonchev–Trinajstić information content (AvgIpc) is 2.92. The number of halogens is 1. The second kappa shape index (κ2) is 7.15. The van der Waals surface area contributed by atoms with E-state index in [0.29, 0.717) is 29.2 Å². The maximum atomic E-state index is 13.2. The van der Waals surface area contributed by atoms with E-state index in [1.165, 1.54) is 16.8 Å². The monoisotopic (exact) mass is 387 g/mol. The Bertz CT molecular complexity index is 1090. The lowest BCUT2D eigenvalue weighted by Gasteiger charge is -2.14. The van der Waals surface area contributed by atoms with Gasteiger partial charge < -0.3 is 0 Å². The van der Waals surface area contributed by atoms with Crippen LogP contribution in [0.5, 0.6) is 0 Å². The van der Waals surface area contributed by atoms with Crippen LogP contribution in [-0.4, -0.2) is 18.2 Å². The molecule has 1 N–H and O–H groups in total. The average molecular weight is 387 g/mol.